The lowest BCUT2D eigenvalue weighted by molar-refractivity contribution is -0.136. The lowest BCUT2D eigenvalue weighted by Crippen LogP contribution is -2.44. The first-order chi connectivity index (χ1) is 7.58. The summed E-state index contributed by atoms with van der Waals surface area (Å²) in [5.41, 5.74) is 6.13. The van der Waals surface area contributed by atoms with E-state index in [4.69, 9.17) is 15.2 Å². The Morgan fingerprint density at radius 2 is 2.12 bits per heavy atom. The third kappa shape index (κ3) is 1.79. The number of rotatable bonds is 4. The van der Waals surface area contributed by atoms with E-state index in [1.54, 1.807) is 7.11 Å². The lowest BCUT2D eigenvalue weighted by atomic mass is 9.85. The summed E-state index contributed by atoms with van der Waals surface area (Å²) in [5.74, 6) is 1.17. The van der Waals surface area contributed by atoms with Gasteiger partial charge in [0.15, 0.2) is 0 Å². The highest BCUT2D eigenvalue weighted by molar-refractivity contribution is 5.15. The van der Waals surface area contributed by atoms with Gasteiger partial charge < -0.3 is 15.2 Å². The Balaban J connectivity index is 2.14. The van der Waals surface area contributed by atoms with E-state index in [1.807, 2.05) is 0 Å². The molecular formula is C13H25NO2. The molecule has 1 aliphatic heterocycles. The highest BCUT2D eigenvalue weighted by atomic mass is 16.5. The van der Waals surface area contributed by atoms with Crippen molar-refractivity contribution in [3.05, 3.63) is 0 Å². The van der Waals surface area contributed by atoms with Crippen LogP contribution >= 0.6 is 0 Å². The highest BCUT2D eigenvalue weighted by Gasteiger charge is 2.66. The second kappa shape index (κ2) is 4.28. The van der Waals surface area contributed by atoms with Crippen molar-refractivity contribution < 1.29 is 9.47 Å². The molecule has 94 valence electrons. The van der Waals surface area contributed by atoms with Crippen LogP contribution in [-0.4, -0.2) is 32.5 Å². The van der Waals surface area contributed by atoms with Gasteiger partial charge in [-0.05, 0) is 37.1 Å². The molecule has 1 saturated heterocycles. The molecule has 1 unspecified atom stereocenters. The standard InChI is InChI=1S/C13H25NO2/c1-12(2)10(8-14)11(12)13(9-15-3)6-4-5-7-16-13/h10-11H,4-9,14H2,1-3H3/t10-,11-,13?/m1/s1. The molecule has 0 amide bonds. The van der Waals surface area contributed by atoms with E-state index in [0.717, 1.165) is 26.2 Å². The summed E-state index contributed by atoms with van der Waals surface area (Å²) in [6, 6.07) is 0. The van der Waals surface area contributed by atoms with Gasteiger partial charge in [0.25, 0.3) is 0 Å². The van der Waals surface area contributed by atoms with Crippen molar-refractivity contribution >= 4 is 0 Å². The molecule has 2 aliphatic rings. The largest absolute Gasteiger partial charge is 0.382 e. The molecule has 2 fully saturated rings. The number of ether oxygens (including phenoxy) is 2. The first-order valence-corrected chi connectivity index (χ1v) is 6.41. The van der Waals surface area contributed by atoms with Gasteiger partial charge in [-0.25, -0.2) is 0 Å². The van der Waals surface area contributed by atoms with Gasteiger partial charge >= 0.3 is 0 Å². The average molecular weight is 227 g/mol. The van der Waals surface area contributed by atoms with Gasteiger partial charge in [-0.2, -0.15) is 0 Å². The summed E-state index contributed by atoms with van der Waals surface area (Å²) in [7, 11) is 1.77. The molecular weight excluding hydrogens is 202 g/mol. The van der Waals surface area contributed by atoms with Crippen LogP contribution in [0.2, 0.25) is 0 Å². The van der Waals surface area contributed by atoms with Crippen molar-refractivity contribution in [2.75, 3.05) is 26.9 Å². The number of hydrogen-bond donors (Lipinski definition) is 1. The van der Waals surface area contributed by atoms with E-state index < -0.39 is 0 Å². The predicted molar refractivity (Wildman–Crippen MR) is 64.2 cm³/mol. The van der Waals surface area contributed by atoms with Crippen LogP contribution in [-0.2, 0) is 9.47 Å². The van der Waals surface area contributed by atoms with E-state index in [-0.39, 0.29) is 5.60 Å². The van der Waals surface area contributed by atoms with Crippen LogP contribution in [0.1, 0.15) is 33.1 Å². The van der Waals surface area contributed by atoms with Crippen molar-refractivity contribution in [1.29, 1.82) is 0 Å². The minimum atomic E-state index is -0.0550. The molecule has 0 radical (unpaired) electrons. The third-order valence-corrected chi connectivity index (χ3v) is 4.64. The van der Waals surface area contributed by atoms with Crippen LogP contribution in [0.4, 0.5) is 0 Å². The Labute approximate surface area is 98.7 Å². The summed E-state index contributed by atoms with van der Waals surface area (Å²) in [6.45, 7) is 6.99. The fourth-order valence-electron chi connectivity index (χ4n) is 3.80. The van der Waals surface area contributed by atoms with Gasteiger partial charge in [0.1, 0.15) is 0 Å². The number of nitrogens with two attached hydrogens (primary N) is 1. The Hall–Kier alpha value is -0.120. The van der Waals surface area contributed by atoms with Gasteiger partial charge in [0.05, 0.1) is 12.2 Å². The Bertz CT molecular complexity index is 241. The van der Waals surface area contributed by atoms with Gasteiger partial charge in [0.2, 0.25) is 0 Å². The van der Waals surface area contributed by atoms with Crippen molar-refractivity contribution in [3.8, 4) is 0 Å². The molecule has 0 aromatic heterocycles. The van der Waals surface area contributed by atoms with E-state index in [2.05, 4.69) is 13.8 Å². The van der Waals surface area contributed by atoms with E-state index >= 15 is 0 Å². The predicted octanol–water partition coefficient (Wildman–Crippen LogP) is 1.80. The topological polar surface area (TPSA) is 44.5 Å². The Morgan fingerprint density at radius 3 is 2.56 bits per heavy atom. The van der Waals surface area contributed by atoms with Gasteiger partial charge in [-0.3, -0.25) is 0 Å². The first-order valence-electron chi connectivity index (χ1n) is 6.41. The molecule has 2 N–H and O–H groups in total. The maximum atomic E-state index is 6.12. The SMILES string of the molecule is COCC1([C@@H]2[C@@H](CN)C2(C)C)CCCCO1. The zero-order valence-electron chi connectivity index (χ0n) is 10.8. The molecule has 0 aromatic rings. The van der Waals surface area contributed by atoms with Crippen molar-refractivity contribution in [3.63, 3.8) is 0 Å². The monoisotopic (exact) mass is 227 g/mol. The molecule has 0 bridgehead atoms. The highest BCUT2D eigenvalue weighted by Crippen LogP contribution is 2.64. The van der Waals surface area contributed by atoms with Crippen molar-refractivity contribution in [2.24, 2.45) is 23.0 Å². The number of methoxy groups -OCH3 is 1. The molecule has 1 aliphatic carbocycles. The van der Waals surface area contributed by atoms with Gasteiger partial charge in [0, 0.05) is 19.6 Å². The summed E-state index contributed by atoms with van der Waals surface area (Å²) in [5, 5.41) is 0. The fraction of sp³-hybridized carbons (Fsp3) is 1.00. The van der Waals surface area contributed by atoms with Crippen LogP contribution in [0, 0.1) is 17.3 Å². The minimum Gasteiger partial charge on any atom is -0.382 e. The van der Waals surface area contributed by atoms with Crippen LogP contribution < -0.4 is 5.73 Å². The van der Waals surface area contributed by atoms with Crippen molar-refractivity contribution in [1.82, 2.24) is 0 Å². The van der Waals surface area contributed by atoms with Crippen LogP contribution in [0.25, 0.3) is 0 Å². The summed E-state index contributed by atoms with van der Waals surface area (Å²) in [6.07, 6.45) is 3.57. The first kappa shape index (κ1) is 12.3. The normalized spacial score (nSPS) is 42.0. The quantitative estimate of drug-likeness (QED) is 0.796. The van der Waals surface area contributed by atoms with Gasteiger partial charge in [-0.1, -0.05) is 13.8 Å². The van der Waals surface area contributed by atoms with Gasteiger partial charge in [-0.15, -0.1) is 0 Å². The molecule has 1 heterocycles. The third-order valence-electron chi connectivity index (χ3n) is 4.64. The van der Waals surface area contributed by atoms with E-state index in [1.165, 1.54) is 12.8 Å². The van der Waals surface area contributed by atoms with Crippen LogP contribution in [0.3, 0.4) is 0 Å². The van der Waals surface area contributed by atoms with Crippen molar-refractivity contribution in [2.45, 2.75) is 38.7 Å². The second-order valence-corrected chi connectivity index (χ2v) is 5.94. The lowest BCUT2D eigenvalue weighted by Gasteiger charge is -2.38. The zero-order valence-corrected chi connectivity index (χ0v) is 10.8. The summed E-state index contributed by atoms with van der Waals surface area (Å²) in [4.78, 5) is 0. The number of hydrogen-bond acceptors (Lipinski definition) is 3. The van der Waals surface area contributed by atoms with E-state index in [0.29, 0.717) is 17.3 Å². The van der Waals surface area contributed by atoms with Crippen LogP contribution in [0.15, 0.2) is 0 Å². The second-order valence-electron chi connectivity index (χ2n) is 5.94. The average Bonchev–Trinajstić information content (AvgIpc) is 2.83. The summed E-state index contributed by atoms with van der Waals surface area (Å²) < 4.78 is 11.5. The fourth-order valence-corrected chi connectivity index (χ4v) is 3.80. The molecule has 2 rings (SSSR count). The summed E-state index contributed by atoms with van der Waals surface area (Å²) >= 11 is 0. The molecule has 1 saturated carbocycles. The molecule has 3 heteroatoms. The molecule has 16 heavy (non-hydrogen) atoms. The smallest absolute Gasteiger partial charge is 0.0951 e. The maximum absolute atomic E-state index is 6.12. The van der Waals surface area contributed by atoms with E-state index in [9.17, 15) is 0 Å². The molecule has 3 nitrogen and oxygen atoms in total. The Morgan fingerprint density at radius 1 is 1.38 bits per heavy atom. The van der Waals surface area contributed by atoms with Crippen LogP contribution in [0.5, 0.6) is 0 Å². The minimum absolute atomic E-state index is 0.0550. The maximum Gasteiger partial charge on any atom is 0.0951 e. The molecule has 0 spiro atoms. The molecule has 0 aromatic carbocycles. The molecule has 3 atom stereocenters. The Kier molecular flexibility index (Phi) is 3.30. The zero-order chi connectivity index (χ0) is 11.8.